The molecule has 0 fully saturated rings. The molecule has 1 aromatic rings. The molecule has 0 radical (unpaired) electrons. The molecule has 0 unspecified atom stereocenters. The van der Waals surface area contributed by atoms with Gasteiger partial charge in [0, 0.05) is 4.47 Å². The van der Waals surface area contributed by atoms with Crippen LogP contribution in [0.3, 0.4) is 0 Å². The first kappa shape index (κ1) is 9.26. The van der Waals surface area contributed by atoms with E-state index < -0.39 is 5.91 Å². The zero-order valence-corrected chi connectivity index (χ0v) is 8.39. The number of carbonyl (C=O) groups excluding carboxylic acids is 1. The number of carbonyl (C=O) groups is 1. The zero-order chi connectivity index (χ0) is 9.14. The van der Waals surface area contributed by atoms with Crippen LogP contribution >= 0.6 is 15.9 Å². The van der Waals surface area contributed by atoms with Crippen molar-refractivity contribution >= 4 is 21.8 Å². The monoisotopic (exact) mass is 227 g/mol. The van der Waals surface area contributed by atoms with Crippen LogP contribution in [0.5, 0.6) is 0 Å². The summed E-state index contributed by atoms with van der Waals surface area (Å²) in [5, 5.41) is 0. The van der Waals surface area contributed by atoms with Gasteiger partial charge in [0.2, 0.25) is 5.91 Å². The topological polar surface area (TPSA) is 43.1 Å². The highest BCUT2D eigenvalue weighted by atomic mass is 79.9. The fourth-order valence-electron chi connectivity index (χ4n) is 0.978. The quantitative estimate of drug-likeness (QED) is 0.827. The van der Waals surface area contributed by atoms with Gasteiger partial charge in [-0.2, -0.15) is 0 Å². The van der Waals surface area contributed by atoms with Gasteiger partial charge >= 0.3 is 0 Å². The molecule has 12 heavy (non-hydrogen) atoms. The van der Waals surface area contributed by atoms with Gasteiger partial charge in [0.25, 0.3) is 0 Å². The van der Waals surface area contributed by atoms with E-state index in [-0.39, 0.29) is 0 Å². The Morgan fingerprint density at radius 1 is 1.58 bits per heavy atom. The van der Waals surface area contributed by atoms with Crippen LogP contribution in [-0.2, 0) is 6.42 Å². The minimum absolute atomic E-state index is 0.399. The summed E-state index contributed by atoms with van der Waals surface area (Å²) in [5.74, 6) is -0.399. The third kappa shape index (κ3) is 1.85. The van der Waals surface area contributed by atoms with E-state index in [4.69, 9.17) is 5.73 Å². The standard InChI is InChI=1S/C9H10BrNO/c1-2-6-3-4-7(9(11)12)8(10)5-6/h3-5H,2H2,1H3,(H2,11,12). The number of rotatable bonds is 2. The van der Waals surface area contributed by atoms with Crippen LogP contribution in [0.25, 0.3) is 0 Å². The van der Waals surface area contributed by atoms with Gasteiger partial charge in [-0.25, -0.2) is 0 Å². The van der Waals surface area contributed by atoms with E-state index in [0.29, 0.717) is 5.56 Å². The molecule has 0 saturated carbocycles. The van der Waals surface area contributed by atoms with Gasteiger partial charge in [-0.15, -0.1) is 0 Å². The molecule has 0 atom stereocenters. The molecule has 2 N–H and O–H groups in total. The number of benzene rings is 1. The fourth-order valence-corrected chi connectivity index (χ4v) is 1.60. The summed E-state index contributed by atoms with van der Waals surface area (Å²) >= 11 is 3.29. The Labute approximate surface area is 79.9 Å². The van der Waals surface area contributed by atoms with Crippen molar-refractivity contribution in [3.63, 3.8) is 0 Å². The Morgan fingerprint density at radius 3 is 2.67 bits per heavy atom. The van der Waals surface area contributed by atoms with E-state index in [0.717, 1.165) is 10.9 Å². The number of amides is 1. The van der Waals surface area contributed by atoms with Crippen molar-refractivity contribution in [3.05, 3.63) is 33.8 Å². The highest BCUT2D eigenvalue weighted by molar-refractivity contribution is 9.10. The van der Waals surface area contributed by atoms with Gasteiger partial charge in [0.05, 0.1) is 5.56 Å². The van der Waals surface area contributed by atoms with E-state index in [9.17, 15) is 4.79 Å². The summed E-state index contributed by atoms with van der Waals surface area (Å²) in [7, 11) is 0. The molecule has 1 amide bonds. The fraction of sp³-hybridized carbons (Fsp3) is 0.222. The molecule has 64 valence electrons. The molecule has 0 aromatic heterocycles. The number of hydrogen-bond acceptors (Lipinski definition) is 1. The van der Waals surface area contributed by atoms with Gasteiger partial charge in [0.1, 0.15) is 0 Å². The van der Waals surface area contributed by atoms with E-state index >= 15 is 0 Å². The van der Waals surface area contributed by atoms with E-state index in [1.165, 1.54) is 5.56 Å². The molecule has 0 aliphatic carbocycles. The minimum atomic E-state index is -0.399. The van der Waals surface area contributed by atoms with Crippen molar-refractivity contribution < 1.29 is 4.79 Å². The summed E-state index contributed by atoms with van der Waals surface area (Å²) < 4.78 is 0.773. The van der Waals surface area contributed by atoms with Crippen molar-refractivity contribution in [1.29, 1.82) is 0 Å². The van der Waals surface area contributed by atoms with Crippen LogP contribution in [0.2, 0.25) is 0 Å². The zero-order valence-electron chi connectivity index (χ0n) is 6.80. The highest BCUT2D eigenvalue weighted by Gasteiger charge is 2.05. The minimum Gasteiger partial charge on any atom is -0.366 e. The lowest BCUT2D eigenvalue weighted by Gasteiger charge is -2.01. The lowest BCUT2D eigenvalue weighted by molar-refractivity contribution is 0.0999. The van der Waals surface area contributed by atoms with Crippen molar-refractivity contribution in [1.82, 2.24) is 0 Å². The molecule has 2 nitrogen and oxygen atoms in total. The smallest absolute Gasteiger partial charge is 0.249 e. The molecule has 0 spiro atoms. The lowest BCUT2D eigenvalue weighted by Crippen LogP contribution is -2.11. The normalized spacial score (nSPS) is 9.83. The summed E-state index contributed by atoms with van der Waals surface area (Å²) in [6, 6.07) is 5.57. The van der Waals surface area contributed by atoms with Gasteiger partial charge < -0.3 is 5.73 Å². The number of nitrogens with two attached hydrogens (primary N) is 1. The van der Waals surface area contributed by atoms with Gasteiger partial charge in [0.15, 0.2) is 0 Å². The van der Waals surface area contributed by atoms with Crippen molar-refractivity contribution in [3.8, 4) is 0 Å². The molecule has 1 rings (SSSR count). The van der Waals surface area contributed by atoms with Gasteiger partial charge in [-0.05, 0) is 40.0 Å². The summed E-state index contributed by atoms with van der Waals surface area (Å²) in [5.41, 5.74) is 6.86. The van der Waals surface area contributed by atoms with Crippen molar-refractivity contribution in [2.75, 3.05) is 0 Å². The molecule has 0 heterocycles. The average Bonchev–Trinajstić information content (AvgIpc) is 2.03. The molecule has 3 heteroatoms. The maximum Gasteiger partial charge on any atom is 0.249 e. The molecule has 1 aromatic carbocycles. The maximum atomic E-state index is 10.8. The van der Waals surface area contributed by atoms with Crippen LogP contribution in [0.15, 0.2) is 22.7 Å². The van der Waals surface area contributed by atoms with E-state index in [1.54, 1.807) is 6.07 Å². The number of aryl methyl sites for hydroxylation is 1. The number of halogens is 1. The maximum absolute atomic E-state index is 10.8. The predicted molar refractivity (Wildman–Crippen MR) is 52.0 cm³/mol. The Balaban J connectivity index is 3.12. The summed E-state index contributed by atoms with van der Waals surface area (Å²) in [4.78, 5) is 10.8. The van der Waals surface area contributed by atoms with Crippen molar-refractivity contribution in [2.24, 2.45) is 5.73 Å². The number of hydrogen-bond donors (Lipinski definition) is 1. The Morgan fingerprint density at radius 2 is 2.25 bits per heavy atom. The first-order chi connectivity index (χ1) is 5.65. The second-order valence-corrected chi connectivity index (χ2v) is 3.39. The average molecular weight is 228 g/mol. The lowest BCUT2D eigenvalue weighted by atomic mass is 10.1. The number of primary amides is 1. The van der Waals surface area contributed by atoms with Gasteiger partial charge in [-0.3, -0.25) is 4.79 Å². The molecular formula is C9H10BrNO. The first-order valence-electron chi connectivity index (χ1n) is 3.73. The third-order valence-electron chi connectivity index (χ3n) is 1.71. The molecular weight excluding hydrogens is 218 g/mol. The highest BCUT2D eigenvalue weighted by Crippen LogP contribution is 2.18. The Bertz CT molecular complexity index is 309. The summed E-state index contributed by atoms with van der Waals surface area (Å²) in [6.45, 7) is 2.06. The molecule has 0 aliphatic rings. The van der Waals surface area contributed by atoms with Crippen molar-refractivity contribution in [2.45, 2.75) is 13.3 Å². The van der Waals surface area contributed by atoms with Gasteiger partial charge in [-0.1, -0.05) is 13.0 Å². The second kappa shape index (κ2) is 3.72. The largest absolute Gasteiger partial charge is 0.366 e. The third-order valence-corrected chi connectivity index (χ3v) is 2.36. The van der Waals surface area contributed by atoms with E-state index in [2.05, 4.69) is 22.9 Å². The van der Waals surface area contributed by atoms with Crippen LogP contribution in [0, 0.1) is 0 Å². The molecule has 0 saturated heterocycles. The van der Waals surface area contributed by atoms with Crippen LogP contribution in [-0.4, -0.2) is 5.91 Å². The first-order valence-corrected chi connectivity index (χ1v) is 4.52. The predicted octanol–water partition coefficient (Wildman–Crippen LogP) is 2.11. The Hall–Kier alpha value is -0.830. The Kier molecular flexibility index (Phi) is 2.87. The SMILES string of the molecule is CCc1ccc(C(N)=O)c(Br)c1. The molecule has 0 bridgehead atoms. The van der Waals surface area contributed by atoms with Crippen LogP contribution < -0.4 is 5.73 Å². The second-order valence-electron chi connectivity index (χ2n) is 2.53. The van der Waals surface area contributed by atoms with Crippen LogP contribution in [0.4, 0.5) is 0 Å². The van der Waals surface area contributed by atoms with E-state index in [1.807, 2.05) is 12.1 Å². The summed E-state index contributed by atoms with van der Waals surface area (Å²) in [6.07, 6.45) is 0.956. The van der Waals surface area contributed by atoms with Crippen LogP contribution in [0.1, 0.15) is 22.8 Å². The molecule has 0 aliphatic heterocycles.